The van der Waals surface area contributed by atoms with Gasteiger partial charge in [0.1, 0.15) is 11.3 Å². The first-order valence-electron chi connectivity index (χ1n) is 13.5. The molecule has 188 valence electrons. The molecule has 3 N–H and O–H groups in total. The lowest BCUT2D eigenvalue weighted by Crippen LogP contribution is -2.31. The molecule has 2 bridgehead atoms. The van der Waals surface area contributed by atoms with E-state index in [-0.39, 0.29) is 28.9 Å². The van der Waals surface area contributed by atoms with E-state index < -0.39 is 11.9 Å². The topological polar surface area (TPSA) is 95.5 Å². The number of hydrogen-bond acceptors (Lipinski definition) is 4. The Hall–Kier alpha value is -2.63. The number of carbonyl (C=O) groups excluding carboxylic acids is 3. The van der Waals surface area contributed by atoms with Crippen LogP contribution in [0.25, 0.3) is 0 Å². The van der Waals surface area contributed by atoms with Gasteiger partial charge >= 0.3 is 0 Å². The van der Waals surface area contributed by atoms with Crippen molar-refractivity contribution >= 4 is 17.6 Å². The number of aliphatic hydroxyl groups excluding tert-OH is 1. The molecular formula is C29H38N2O4. The van der Waals surface area contributed by atoms with Gasteiger partial charge in [0.2, 0.25) is 5.91 Å². The molecule has 5 aliphatic rings. The van der Waals surface area contributed by atoms with Crippen LogP contribution in [0.1, 0.15) is 52.4 Å². The van der Waals surface area contributed by atoms with E-state index in [0.29, 0.717) is 49.0 Å². The Balaban J connectivity index is 1.46. The summed E-state index contributed by atoms with van der Waals surface area (Å²) >= 11 is 0. The van der Waals surface area contributed by atoms with E-state index in [1.807, 2.05) is 12.2 Å². The first-order chi connectivity index (χ1) is 16.9. The molecule has 3 fully saturated rings. The molecule has 9 atom stereocenters. The SMILES string of the molecule is CC[C@H]1[C@@H]2C=C[C@H]3[C@H](C[C@@H]4/C=C/C(O)=C5C(=O)N[C@@H](CCCNC(=O)/C=C\C[C@@H]34)C5=O)[C@H]2C[C@H]1C. The number of amides is 2. The average Bonchev–Trinajstić information content (AvgIpc) is 3.44. The summed E-state index contributed by atoms with van der Waals surface area (Å²) in [5, 5.41) is 16.3. The van der Waals surface area contributed by atoms with Crippen LogP contribution >= 0.6 is 0 Å². The third-order valence-electron chi connectivity index (χ3n) is 9.52. The monoisotopic (exact) mass is 478 g/mol. The van der Waals surface area contributed by atoms with Crippen molar-refractivity contribution in [1.82, 2.24) is 10.6 Å². The van der Waals surface area contributed by atoms with E-state index in [1.54, 1.807) is 12.2 Å². The maximum absolute atomic E-state index is 12.8. The van der Waals surface area contributed by atoms with E-state index in [1.165, 1.54) is 12.8 Å². The summed E-state index contributed by atoms with van der Waals surface area (Å²) in [7, 11) is 0. The zero-order chi connectivity index (χ0) is 24.7. The van der Waals surface area contributed by atoms with Crippen LogP contribution in [-0.4, -0.2) is 35.3 Å². The summed E-state index contributed by atoms with van der Waals surface area (Å²) in [4.78, 5) is 37.6. The minimum absolute atomic E-state index is 0.117. The molecular weight excluding hydrogens is 440 g/mol. The summed E-state index contributed by atoms with van der Waals surface area (Å²) in [6.45, 7) is 5.14. The Morgan fingerprint density at radius 2 is 1.77 bits per heavy atom. The summed E-state index contributed by atoms with van der Waals surface area (Å²) in [5.74, 6) is 3.16. The smallest absolute Gasteiger partial charge is 0.259 e. The van der Waals surface area contributed by atoms with E-state index in [9.17, 15) is 19.5 Å². The van der Waals surface area contributed by atoms with E-state index in [2.05, 4.69) is 36.6 Å². The third kappa shape index (κ3) is 4.41. The quantitative estimate of drug-likeness (QED) is 0.392. The van der Waals surface area contributed by atoms with Crippen molar-refractivity contribution in [2.45, 2.75) is 58.4 Å². The van der Waals surface area contributed by atoms with Gasteiger partial charge in [0.25, 0.3) is 5.91 Å². The van der Waals surface area contributed by atoms with Gasteiger partial charge in [-0.25, -0.2) is 0 Å². The molecule has 6 heteroatoms. The number of aliphatic hydroxyl groups is 1. The Morgan fingerprint density at radius 1 is 1.00 bits per heavy atom. The van der Waals surface area contributed by atoms with Crippen molar-refractivity contribution in [2.75, 3.05) is 6.54 Å². The summed E-state index contributed by atoms with van der Waals surface area (Å²) in [6.07, 6.45) is 17.4. The molecule has 3 aliphatic carbocycles. The molecule has 5 rings (SSSR count). The molecule has 2 saturated carbocycles. The summed E-state index contributed by atoms with van der Waals surface area (Å²) < 4.78 is 0. The van der Waals surface area contributed by atoms with E-state index >= 15 is 0 Å². The number of rotatable bonds is 1. The number of ketones is 1. The molecule has 0 unspecified atom stereocenters. The summed E-state index contributed by atoms with van der Waals surface area (Å²) in [6, 6.07) is -0.645. The second-order valence-corrected chi connectivity index (χ2v) is 11.3. The molecule has 2 aliphatic heterocycles. The second-order valence-electron chi connectivity index (χ2n) is 11.3. The van der Waals surface area contributed by atoms with Gasteiger partial charge in [0, 0.05) is 6.54 Å². The normalized spacial score (nSPS) is 43.3. The molecule has 35 heavy (non-hydrogen) atoms. The first-order valence-corrected chi connectivity index (χ1v) is 13.5. The third-order valence-corrected chi connectivity index (χ3v) is 9.52. The standard InChI is InChI=1S/C29H38N2O4/c1-3-18-16(2)14-22-20(18)10-11-21-19-6-4-8-26(33)30-13-5-7-24-28(34)27(29(35)31-24)25(32)12-9-17(19)15-23(21)22/h4,8-12,16-24,32H,3,5-7,13-15H2,1-2H3,(H,30,33)(H,31,35)/b8-4-,12-9+,27-25?/t16-,17+,18-,19-,20+,21-,22+,23+,24+/m1/s1. The van der Waals surface area contributed by atoms with Crippen LogP contribution in [0.4, 0.5) is 0 Å². The Kier molecular flexibility index (Phi) is 6.73. The molecule has 0 aromatic carbocycles. The zero-order valence-electron chi connectivity index (χ0n) is 20.8. The van der Waals surface area contributed by atoms with Gasteiger partial charge < -0.3 is 15.7 Å². The highest BCUT2D eigenvalue weighted by Crippen LogP contribution is 2.59. The van der Waals surface area contributed by atoms with E-state index in [4.69, 9.17) is 0 Å². The maximum atomic E-state index is 12.8. The second kappa shape index (κ2) is 9.79. The fourth-order valence-electron chi connectivity index (χ4n) is 7.92. The van der Waals surface area contributed by atoms with Crippen molar-refractivity contribution in [3.8, 4) is 0 Å². The number of Topliss-reactive ketones (excluding diaryl/α,β-unsaturated/α-hetero) is 1. The Labute approximate surface area is 208 Å². The largest absolute Gasteiger partial charge is 0.507 e. The molecule has 1 saturated heterocycles. The number of allylic oxidation sites excluding steroid dienone is 5. The molecule has 0 spiro atoms. The lowest BCUT2D eigenvalue weighted by Gasteiger charge is -2.35. The number of carbonyl (C=O) groups is 3. The molecule has 6 nitrogen and oxygen atoms in total. The van der Waals surface area contributed by atoms with Crippen molar-refractivity contribution < 1.29 is 19.5 Å². The van der Waals surface area contributed by atoms with Crippen molar-refractivity contribution in [1.29, 1.82) is 0 Å². The van der Waals surface area contributed by atoms with Gasteiger partial charge in [-0.3, -0.25) is 14.4 Å². The zero-order valence-corrected chi connectivity index (χ0v) is 20.8. The van der Waals surface area contributed by atoms with Crippen LogP contribution < -0.4 is 10.6 Å². The molecule has 2 heterocycles. The lowest BCUT2D eigenvalue weighted by atomic mass is 9.69. The average molecular weight is 479 g/mol. The number of fused-ring (bicyclic) bond motifs is 7. The van der Waals surface area contributed by atoms with Gasteiger partial charge in [-0.15, -0.1) is 0 Å². The van der Waals surface area contributed by atoms with Gasteiger partial charge in [-0.2, -0.15) is 0 Å². The van der Waals surface area contributed by atoms with Crippen LogP contribution in [0.2, 0.25) is 0 Å². The highest BCUT2D eigenvalue weighted by molar-refractivity contribution is 6.27. The fraction of sp³-hybridized carbons (Fsp3) is 0.621. The van der Waals surface area contributed by atoms with Crippen molar-refractivity contribution in [2.24, 2.45) is 47.3 Å². The summed E-state index contributed by atoms with van der Waals surface area (Å²) in [5.41, 5.74) is -0.135. The minimum Gasteiger partial charge on any atom is -0.507 e. The minimum atomic E-state index is -0.645. The predicted molar refractivity (Wildman–Crippen MR) is 134 cm³/mol. The highest BCUT2D eigenvalue weighted by Gasteiger charge is 2.52. The maximum Gasteiger partial charge on any atom is 0.259 e. The van der Waals surface area contributed by atoms with E-state index in [0.717, 1.165) is 24.7 Å². The van der Waals surface area contributed by atoms with Gasteiger partial charge in [0.05, 0.1) is 6.04 Å². The fourth-order valence-corrected chi connectivity index (χ4v) is 7.92. The highest BCUT2D eigenvalue weighted by atomic mass is 16.3. The predicted octanol–water partition coefficient (Wildman–Crippen LogP) is 4.02. The molecule has 0 radical (unpaired) electrons. The van der Waals surface area contributed by atoms with Gasteiger partial charge in [-0.05, 0) is 91.6 Å². The Bertz CT molecular complexity index is 1010. The molecule has 2 amide bonds. The van der Waals surface area contributed by atoms with Crippen LogP contribution in [0.5, 0.6) is 0 Å². The van der Waals surface area contributed by atoms with Gasteiger partial charge in [0.15, 0.2) is 5.78 Å². The first kappa shape index (κ1) is 24.1. The lowest BCUT2D eigenvalue weighted by molar-refractivity contribution is -0.118. The Morgan fingerprint density at radius 3 is 2.57 bits per heavy atom. The molecule has 0 aromatic heterocycles. The van der Waals surface area contributed by atoms with Crippen LogP contribution in [0, 0.1) is 47.3 Å². The number of hydrogen-bond donors (Lipinski definition) is 3. The van der Waals surface area contributed by atoms with Crippen LogP contribution in [0.15, 0.2) is 47.8 Å². The molecule has 0 aromatic rings. The van der Waals surface area contributed by atoms with Crippen LogP contribution in [0.3, 0.4) is 0 Å². The van der Waals surface area contributed by atoms with Crippen LogP contribution in [-0.2, 0) is 14.4 Å². The van der Waals surface area contributed by atoms with Gasteiger partial charge in [-0.1, -0.05) is 44.6 Å². The van der Waals surface area contributed by atoms with Crippen molar-refractivity contribution in [3.05, 3.63) is 47.8 Å². The number of nitrogens with one attached hydrogen (secondary N) is 2. The van der Waals surface area contributed by atoms with Crippen molar-refractivity contribution in [3.63, 3.8) is 0 Å².